The fourth-order valence-corrected chi connectivity index (χ4v) is 12.4. The van der Waals surface area contributed by atoms with E-state index in [-0.39, 0.29) is 37.4 Å². The zero-order valence-corrected chi connectivity index (χ0v) is 46.8. The second kappa shape index (κ2) is 19.1. The van der Waals surface area contributed by atoms with Crippen LogP contribution in [0, 0.1) is 23.5 Å². The maximum Gasteiger partial charge on any atom is 0.136 e. The van der Waals surface area contributed by atoms with Crippen molar-refractivity contribution in [2.24, 2.45) is 0 Å². The van der Waals surface area contributed by atoms with Crippen molar-refractivity contribution in [1.82, 2.24) is 24.5 Å². The summed E-state index contributed by atoms with van der Waals surface area (Å²) in [6.07, 6.45) is 1.81. The SMILES string of the molecule is CC(C)(C)c1ccnc(-c2[c-]cccc2)n1.CC(C)c1cc(-c2ccccc2)cc(C(C)C)c1-n1c(-c2[c-]ccc3c2oc2cc4c(cc23)oc2cc(C#N)ccc24)nc2ccc3nc([Si](C)(C)C)sc3c21.[Ir]. The first kappa shape index (κ1) is 49.5. The van der Waals surface area contributed by atoms with Gasteiger partial charge in [-0.3, -0.25) is 15.0 Å². The van der Waals surface area contributed by atoms with E-state index in [1.54, 1.807) is 6.07 Å². The number of aromatic nitrogens is 5. The van der Waals surface area contributed by atoms with Gasteiger partial charge in [0.25, 0.3) is 0 Å². The van der Waals surface area contributed by atoms with E-state index in [4.69, 9.17) is 18.8 Å². The molecule has 0 saturated carbocycles. The molecule has 11 heteroatoms. The Morgan fingerprint density at radius 1 is 0.671 bits per heavy atom. The Balaban J connectivity index is 0.000000307. The summed E-state index contributed by atoms with van der Waals surface area (Å²) in [6, 6.07) is 52.1. The minimum atomic E-state index is -1.72. The first-order chi connectivity index (χ1) is 34.5. The molecule has 0 fully saturated rings. The molecule has 365 valence electrons. The topological polar surface area (TPSA) is 107 Å². The summed E-state index contributed by atoms with van der Waals surface area (Å²) in [7, 11) is -1.72. The maximum atomic E-state index is 9.48. The molecule has 12 rings (SSSR count). The molecular formula is C62H54IrN6O2SSi-2. The molecule has 0 spiro atoms. The third-order valence-corrected chi connectivity index (χ3v) is 17.7. The van der Waals surface area contributed by atoms with Crippen LogP contribution < -0.4 is 4.63 Å². The molecule has 0 atom stereocenters. The largest absolute Gasteiger partial charge is 0.501 e. The summed E-state index contributed by atoms with van der Waals surface area (Å²) in [6.45, 7) is 22.7. The number of imidazole rings is 1. The van der Waals surface area contributed by atoms with Gasteiger partial charge in [-0.1, -0.05) is 109 Å². The van der Waals surface area contributed by atoms with Crippen molar-refractivity contribution in [3.63, 3.8) is 0 Å². The Kier molecular flexibility index (Phi) is 12.9. The van der Waals surface area contributed by atoms with Crippen LogP contribution in [0.25, 0.3) is 105 Å². The maximum absolute atomic E-state index is 9.48. The molecule has 1 radical (unpaired) electrons. The Morgan fingerprint density at radius 3 is 2.03 bits per heavy atom. The molecule has 7 aromatic carbocycles. The van der Waals surface area contributed by atoms with E-state index in [1.165, 1.54) is 26.9 Å². The number of furan rings is 2. The number of rotatable bonds is 7. The van der Waals surface area contributed by atoms with Crippen molar-refractivity contribution >= 4 is 89.2 Å². The van der Waals surface area contributed by atoms with Gasteiger partial charge in [0.15, 0.2) is 0 Å². The quantitative estimate of drug-likeness (QED) is 0.116. The number of fused-ring (bicyclic) bond motifs is 9. The van der Waals surface area contributed by atoms with Gasteiger partial charge in [0.05, 0.1) is 54.7 Å². The van der Waals surface area contributed by atoms with Gasteiger partial charge in [-0.2, -0.15) is 5.26 Å². The van der Waals surface area contributed by atoms with Crippen LogP contribution in [0.1, 0.15) is 82.7 Å². The summed E-state index contributed by atoms with van der Waals surface area (Å²) in [4.78, 5) is 19.6. The van der Waals surface area contributed by atoms with E-state index in [2.05, 4.69) is 174 Å². The second-order valence-corrected chi connectivity index (χ2v) is 27.6. The predicted octanol–water partition coefficient (Wildman–Crippen LogP) is 16.5. The molecule has 73 heavy (non-hydrogen) atoms. The summed E-state index contributed by atoms with van der Waals surface area (Å²) in [5.41, 5.74) is 15.4. The molecule has 0 saturated heterocycles. The van der Waals surface area contributed by atoms with E-state index in [9.17, 15) is 5.26 Å². The molecule has 0 bridgehead atoms. The number of benzene rings is 7. The van der Waals surface area contributed by atoms with Crippen LogP contribution in [0.2, 0.25) is 19.6 Å². The Morgan fingerprint density at radius 2 is 1.36 bits per heavy atom. The molecule has 5 aromatic heterocycles. The molecule has 0 unspecified atom stereocenters. The molecule has 0 N–H and O–H groups in total. The molecular weight excluding hydrogens is 1110 g/mol. The van der Waals surface area contributed by atoms with Crippen LogP contribution in [-0.2, 0) is 25.5 Å². The zero-order chi connectivity index (χ0) is 50.2. The van der Waals surface area contributed by atoms with E-state index in [1.807, 2.05) is 66.1 Å². The van der Waals surface area contributed by atoms with Gasteiger partial charge in [0, 0.05) is 59.3 Å². The summed E-state index contributed by atoms with van der Waals surface area (Å²) in [5, 5.41) is 13.3. The normalized spacial score (nSPS) is 12.1. The molecule has 12 aromatic rings. The molecule has 0 aliphatic carbocycles. The van der Waals surface area contributed by atoms with Crippen molar-refractivity contribution < 1.29 is 28.9 Å². The Bertz CT molecular complexity index is 4060. The average Bonchev–Trinajstić information content (AvgIpc) is 4.17. The van der Waals surface area contributed by atoms with Crippen LogP contribution >= 0.6 is 11.3 Å². The van der Waals surface area contributed by atoms with Crippen molar-refractivity contribution in [2.75, 3.05) is 0 Å². The third-order valence-electron chi connectivity index (χ3n) is 13.3. The Hall–Kier alpha value is -7.06. The molecule has 0 amide bonds. The Labute approximate surface area is 444 Å². The van der Waals surface area contributed by atoms with Gasteiger partial charge in [-0.15, -0.1) is 65.4 Å². The minimum absolute atomic E-state index is 0. The van der Waals surface area contributed by atoms with Gasteiger partial charge in [-0.25, -0.2) is 4.98 Å². The molecule has 0 aliphatic heterocycles. The fraction of sp³-hybridized carbons (Fsp3) is 0.210. The van der Waals surface area contributed by atoms with Gasteiger partial charge in [0.2, 0.25) is 0 Å². The number of hydrogen-bond donors (Lipinski definition) is 0. The third kappa shape index (κ3) is 9.01. The van der Waals surface area contributed by atoms with Crippen LogP contribution in [0.5, 0.6) is 0 Å². The molecule has 8 nitrogen and oxygen atoms in total. The van der Waals surface area contributed by atoms with Gasteiger partial charge >= 0.3 is 0 Å². The van der Waals surface area contributed by atoms with Crippen LogP contribution in [0.4, 0.5) is 0 Å². The number of hydrogen-bond acceptors (Lipinski definition) is 8. The first-order valence-electron chi connectivity index (χ1n) is 24.6. The van der Waals surface area contributed by atoms with Crippen LogP contribution in [-0.4, -0.2) is 32.6 Å². The van der Waals surface area contributed by atoms with Crippen LogP contribution in [0.3, 0.4) is 0 Å². The van der Waals surface area contributed by atoms with Crippen molar-refractivity contribution in [2.45, 2.75) is 85.4 Å². The minimum Gasteiger partial charge on any atom is -0.501 e. The van der Waals surface area contributed by atoms with Crippen molar-refractivity contribution in [1.29, 1.82) is 5.26 Å². The second-order valence-electron chi connectivity index (χ2n) is 21.3. The standard InChI is InChI=1S/C48H39N4O2SSi.C14H15N2.Ir/c1-26(2)34-21-30(29-12-9-8-10-13-29)22-35(27(3)4)43(34)52-44-38(18-19-39-46(44)55-48(51-39)56(5,6)7)50-47(52)33-15-11-14-32-37-24-41-36(23-42(37)54-45(32)33)31-17-16-28(25-49)20-40(31)53-41;1-14(2,3)12-9-10-15-13(16-12)11-7-5-4-6-8-11;/h8-14,16-24,26-27H,1-7H3;4-7,9-10H,1-3H3;/q2*-1;. The fourth-order valence-electron chi connectivity index (χ4n) is 9.55. The molecule has 0 aliphatic rings. The van der Waals surface area contributed by atoms with Crippen molar-refractivity contribution in [3.05, 3.63) is 168 Å². The molecule has 5 heterocycles. The number of nitriles is 1. The monoisotopic (exact) mass is 1170 g/mol. The predicted molar refractivity (Wildman–Crippen MR) is 299 cm³/mol. The van der Waals surface area contributed by atoms with E-state index in [0.717, 1.165) is 93.7 Å². The zero-order valence-electron chi connectivity index (χ0n) is 42.6. The smallest absolute Gasteiger partial charge is 0.136 e. The van der Waals surface area contributed by atoms with Gasteiger partial charge in [-0.05, 0) is 94.8 Å². The first-order valence-corrected chi connectivity index (χ1v) is 28.9. The average molecular weight is 1170 g/mol. The van der Waals surface area contributed by atoms with E-state index < -0.39 is 8.07 Å². The van der Waals surface area contributed by atoms with Gasteiger partial charge < -0.3 is 13.4 Å². The van der Waals surface area contributed by atoms with E-state index in [0.29, 0.717) is 11.1 Å². The summed E-state index contributed by atoms with van der Waals surface area (Å²) in [5.74, 6) is 1.97. The van der Waals surface area contributed by atoms with Gasteiger partial charge in [0.1, 0.15) is 24.8 Å². The van der Waals surface area contributed by atoms with E-state index >= 15 is 0 Å². The van der Waals surface area contributed by atoms with Crippen molar-refractivity contribution in [3.8, 4) is 45.7 Å². The van der Waals surface area contributed by atoms with Crippen LogP contribution in [0.15, 0.2) is 142 Å². The number of thiazole rings is 1. The summed E-state index contributed by atoms with van der Waals surface area (Å²) >= 11 is 1.82. The number of nitrogens with zero attached hydrogens (tertiary/aromatic N) is 6. The summed E-state index contributed by atoms with van der Waals surface area (Å²) < 4.78 is 18.0.